The maximum absolute atomic E-state index is 13.5. The Labute approximate surface area is 228 Å². The Hall–Kier alpha value is -4.42. The highest BCUT2D eigenvalue weighted by atomic mass is 19.4. The molecule has 3 amide bonds. The summed E-state index contributed by atoms with van der Waals surface area (Å²) in [5.74, 6) is -0.867. The summed E-state index contributed by atoms with van der Waals surface area (Å²) in [6.45, 7) is 1.82. The summed E-state index contributed by atoms with van der Waals surface area (Å²) >= 11 is 0. The lowest BCUT2D eigenvalue weighted by molar-refractivity contribution is -0.787. The van der Waals surface area contributed by atoms with E-state index in [-0.39, 0.29) is 41.5 Å². The van der Waals surface area contributed by atoms with Gasteiger partial charge in [-0.15, -0.1) is 0 Å². The van der Waals surface area contributed by atoms with E-state index in [1.807, 2.05) is 19.1 Å². The molecule has 13 heteroatoms. The molecule has 1 fully saturated rings. The van der Waals surface area contributed by atoms with Crippen LogP contribution in [0, 0.1) is 12.8 Å². The molecule has 3 aromatic rings. The van der Waals surface area contributed by atoms with Crippen LogP contribution in [0.1, 0.15) is 48.4 Å². The van der Waals surface area contributed by atoms with Crippen molar-refractivity contribution in [2.75, 3.05) is 17.7 Å². The van der Waals surface area contributed by atoms with Crippen LogP contribution in [-0.2, 0) is 17.4 Å². The first-order chi connectivity index (χ1) is 19.0. The highest BCUT2D eigenvalue weighted by Crippen LogP contribution is 2.34. The van der Waals surface area contributed by atoms with E-state index in [4.69, 9.17) is 4.52 Å². The van der Waals surface area contributed by atoms with E-state index in [2.05, 4.69) is 26.2 Å². The number of hydrogen-bond acceptors (Lipinski definition) is 6. The zero-order chi connectivity index (χ0) is 28.9. The van der Waals surface area contributed by atoms with Crippen LogP contribution in [0.2, 0.25) is 0 Å². The molecular weight excluding hydrogens is 529 g/mol. The van der Waals surface area contributed by atoms with E-state index >= 15 is 0 Å². The van der Waals surface area contributed by atoms with Crippen LogP contribution in [0.15, 0.2) is 58.2 Å². The lowest BCUT2D eigenvalue weighted by Crippen LogP contribution is -2.45. The first-order valence-electron chi connectivity index (χ1n) is 12.7. The molecule has 1 aliphatic rings. The van der Waals surface area contributed by atoms with Gasteiger partial charge in [0.1, 0.15) is 0 Å². The Morgan fingerprint density at radius 2 is 1.95 bits per heavy atom. The molecule has 2 aromatic carbocycles. The van der Waals surface area contributed by atoms with E-state index in [0.29, 0.717) is 12.0 Å². The van der Waals surface area contributed by atoms with Crippen LogP contribution in [0.25, 0.3) is 0 Å². The average Bonchev–Trinajstić information content (AvgIpc) is 3.37. The van der Waals surface area contributed by atoms with Crippen molar-refractivity contribution in [2.24, 2.45) is 10.9 Å². The predicted octanol–water partition coefficient (Wildman–Crippen LogP) is 4.04. The average molecular weight is 559 g/mol. The second kappa shape index (κ2) is 12.2. The number of rotatable bonds is 7. The molecule has 0 bridgehead atoms. The van der Waals surface area contributed by atoms with Gasteiger partial charge >= 0.3 is 18.1 Å². The summed E-state index contributed by atoms with van der Waals surface area (Å²) in [6, 6.07) is 8.80. The minimum absolute atomic E-state index is 0.0372. The molecular formula is C27H29F3N6O4. The molecule has 4 rings (SSSR count). The Kier molecular flexibility index (Phi) is 8.70. The summed E-state index contributed by atoms with van der Waals surface area (Å²) < 4.78 is 47.3. The van der Waals surface area contributed by atoms with Gasteiger partial charge < -0.3 is 15.7 Å². The molecule has 0 spiro atoms. The maximum Gasteiger partial charge on any atom is 0.416 e. The van der Waals surface area contributed by atoms with Crippen LogP contribution in [0.4, 0.5) is 35.2 Å². The molecule has 40 heavy (non-hydrogen) atoms. The van der Waals surface area contributed by atoms with Gasteiger partial charge in [0.25, 0.3) is 6.20 Å². The summed E-state index contributed by atoms with van der Waals surface area (Å²) in [4.78, 5) is 28.4. The summed E-state index contributed by atoms with van der Waals surface area (Å²) in [5, 5.41) is 23.8. The molecule has 1 aromatic heterocycles. The third-order valence-corrected chi connectivity index (χ3v) is 6.72. The van der Waals surface area contributed by atoms with Crippen molar-refractivity contribution < 1.29 is 37.1 Å². The number of aromatic nitrogens is 2. The maximum atomic E-state index is 13.5. The minimum Gasteiger partial charge on any atom is -0.861 e. The van der Waals surface area contributed by atoms with Gasteiger partial charge in [-0.1, -0.05) is 24.3 Å². The fourth-order valence-corrected chi connectivity index (χ4v) is 4.67. The number of benzene rings is 2. The smallest absolute Gasteiger partial charge is 0.416 e. The lowest BCUT2D eigenvalue weighted by Gasteiger charge is -2.22. The van der Waals surface area contributed by atoms with Crippen molar-refractivity contribution in [3.8, 4) is 0 Å². The second-order valence-electron chi connectivity index (χ2n) is 9.63. The van der Waals surface area contributed by atoms with Crippen LogP contribution in [0.5, 0.6) is 0 Å². The van der Waals surface area contributed by atoms with Gasteiger partial charge in [-0.25, -0.2) is 4.79 Å². The molecule has 10 nitrogen and oxygen atoms in total. The summed E-state index contributed by atoms with van der Waals surface area (Å²) in [7, 11) is 1.58. The number of aliphatic imine (C=N–C) groups is 1. The number of halogens is 3. The molecule has 1 aliphatic carbocycles. The van der Waals surface area contributed by atoms with Gasteiger partial charge in [-0.3, -0.25) is 19.6 Å². The number of urea groups is 1. The Morgan fingerprint density at radius 3 is 2.67 bits per heavy atom. The van der Waals surface area contributed by atoms with Gasteiger partial charge in [-0.2, -0.15) is 13.2 Å². The van der Waals surface area contributed by atoms with Crippen molar-refractivity contribution in [3.05, 3.63) is 65.4 Å². The molecule has 0 aliphatic heterocycles. The minimum atomic E-state index is -4.74. The molecule has 212 valence electrons. The Morgan fingerprint density at radius 1 is 1.18 bits per heavy atom. The first kappa shape index (κ1) is 28.6. The second-order valence-corrected chi connectivity index (χ2v) is 9.63. The fraction of sp³-hybridized carbons (Fsp3) is 0.370. The van der Waals surface area contributed by atoms with E-state index in [0.717, 1.165) is 37.0 Å². The number of carbonyl (C=O) groups excluding carboxylic acids is 2. The number of hydrogen-bond donors (Lipinski definition) is 3. The van der Waals surface area contributed by atoms with Crippen LogP contribution < -0.4 is 25.7 Å². The number of aryl methyl sites for hydroxylation is 1. The number of nitrogens with zero attached hydrogens (tertiary/aromatic N) is 3. The molecule has 2 atom stereocenters. The number of carbonyl (C=O) groups is 2. The SMILES string of the molecule is CNC(=O)[C@H]1CCC[C@H]([n+]2cc(NC(=O)Nc3cc(N=C([O-])Cc4ccccc4C)cc(C(F)(F)F)c3)on2)C1. The predicted molar refractivity (Wildman–Crippen MR) is 138 cm³/mol. The van der Waals surface area contributed by atoms with Crippen LogP contribution in [-0.4, -0.2) is 30.2 Å². The summed E-state index contributed by atoms with van der Waals surface area (Å²) in [5.41, 5.74) is 0.0282. The standard InChI is InChI=1S/C27H29F3N6O4/c1-16-6-3-4-7-17(16)11-23(37)32-20-12-19(27(28,29)30)13-21(14-20)33-26(39)34-24-15-36(35-40-24)22-9-5-8-18(10-22)25(38)31-2/h3-4,6-7,12-15,18,22H,5,8-11H2,1-2H3,(H3-,31,32,33,34,35,37,38,39)/t18-,22-/m0/s1. The van der Waals surface area contributed by atoms with Gasteiger partial charge in [-0.05, 0) is 59.7 Å². The largest absolute Gasteiger partial charge is 0.861 e. The van der Waals surface area contributed by atoms with Crippen molar-refractivity contribution in [1.82, 2.24) is 10.6 Å². The van der Waals surface area contributed by atoms with E-state index < -0.39 is 23.7 Å². The zero-order valence-corrected chi connectivity index (χ0v) is 21.9. The first-order valence-corrected chi connectivity index (χ1v) is 12.7. The number of nitrogens with one attached hydrogen (secondary N) is 3. The van der Waals surface area contributed by atoms with Gasteiger partial charge in [0.05, 0.1) is 11.3 Å². The number of anilines is 2. The molecule has 0 saturated heterocycles. The molecule has 1 saturated carbocycles. The van der Waals surface area contributed by atoms with Crippen molar-refractivity contribution >= 4 is 35.1 Å². The highest BCUT2D eigenvalue weighted by Gasteiger charge is 2.35. The zero-order valence-electron chi connectivity index (χ0n) is 21.9. The van der Waals surface area contributed by atoms with E-state index in [9.17, 15) is 27.9 Å². The molecule has 1 heterocycles. The van der Waals surface area contributed by atoms with Crippen LogP contribution >= 0.6 is 0 Å². The van der Waals surface area contributed by atoms with Gasteiger partial charge in [0.2, 0.25) is 11.2 Å². The molecule has 0 radical (unpaired) electrons. The van der Waals surface area contributed by atoms with Gasteiger partial charge in [0.15, 0.2) is 6.04 Å². The topological polar surface area (TPSA) is 136 Å². The third kappa shape index (κ3) is 7.36. The highest BCUT2D eigenvalue weighted by molar-refractivity contribution is 5.99. The Balaban J connectivity index is 1.46. The normalized spacial score (nSPS) is 17.8. The fourth-order valence-electron chi connectivity index (χ4n) is 4.67. The monoisotopic (exact) mass is 558 g/mol. The molecule has 0 unspecified atom stereocenters. The number of alkyl halides is 3. The van der Waals surface area contributed by atoms with E-state index in [1.165, 1.54) is 16.9 Å². The Bertz CT molecular complexity index is 1400. The van der Waals surface area contributed by atoms with Crippen molar-refractivity contribution in [2.45, 2.75) is 51.2 Å². The lowest BCUT2D eigenvalue weighted by atomic mass is 9.85. The van der Waals surface area contributed by atoms with Crippen molar-refractivity contribution in [3.63, 3.8) is 0 Å². The summed E-state index contributed by atoms with van der Waals surface area (Å²) in [6.07, 6.45) is -0.444. The molecule has 3 N–H and O–H groups in total. The quantitative estimate of drug-likeness (QED) is 0.229. The third-order valence-electron chi connectivity index (χ3n) is 6.72. The number of amides is 3. The van der Waals surface area contributed by atoms with Crippen LogP contribution in [0.3, 0.4) is 0 Å². The van der Waals surface area contributed by atoms with Gasteiger partial charge in [0, 0.05) is 37.9 Å². The van der Waals surface area contributed by atoms with E-state index in [1.54, 1.807) is 19.2 Å². The van der Waals surface area contributed by atoms with Crippen molar-refractivity contribution in [1.29, 1.82) is 0 Å².